The average Bonchev–Trinajstić information content (AvgIpc) is 3.30. The second kappa shape index (κ2) is 4.70. The zero-order chi connectivity index (χ0) is 13.6. The van der Waals surface area contributed by atoms with Crippen LogP contribution in [0.4, 0.5) is 0 Å². The molecule has 2 fully saturated rings. The Morgan fingerprint density at radius 2 is 1.85 bits per heavy atom. The molecule has 106 valence electrons. The molecule has 1 aromatic rings. The summed E-state index contributed by atoms with van der Waals surface area (Å²) >= 11 is 0. The van der Waals surface area contributed by atoms with E-state index in [2.05, 4.69) is 17.0 Å². The van der Waals surface area contributed by atoms with Gasteiger partial charge in [-0.25, -0.2) is 0 Å². The smallest absolute Gasteiger partial charge is 0.169 e. The third kappa shape index (κ3) is 2.10. The largest absolute Gasteiger partial charge is 0.303 e. The van der Waals surface area contributed by atoms with Gasteiger partial charge in [-0.2, -0.15) is 0 Å². The fraction of sp³-hybridized carbons (Fsp3) is 0.611. The number of carbonyl (C=O) groups excluding carboxylic acids is 1. The quantitative estimate of drug-likeness (QED) is 0.821. The van der Waals surface area contributed by atoms with E-state index in [1.807, 2.05) is 12.1 Å². The first kappa shape index (κ1) is 12.6. The number of fused-ring (bicyclic) bond motifs is 1. The second-order valence-corrected chi connectivity index (χ2v) is 7.01. The molecule has 1 saturated heterocycles. The van der Waals surface area contributed by atoms with Crippen molar-refractivity contribution in [2.24, 2.45) is 11.3 Å². The van der Waals surface area contributed by atoms with Gasteiger partial charge in [-0.15, -0.1) is 0 Å². The van der Waals surface area contributed by atoms with Gasteiger partial charge in [0.25, 0.3) is 0 Å². The van der Waals surface area contributed by atoms with Crippen molar-refractivity contribution in [3.63, 3.8) is 0 Å². The van der Waals surface area contributed by atoms with Crippen LogP contribution in [0.15, 0.2) is 24.3 Å². The summed E-state index contributed by atoms with van der Waals surface area (Å²) in [7, 11) is 0. The number of carbonyl (C=O) groups is 1. The van der Waals surface area contributed by atoms with Crippen molar-refractivity contribution < 1.29 is 4.79 Å². The van der Waals surface area contributed by atoms with E-state index in [-0.39, 0.29) is 5.41 Å². The van der Waals surface area contributed by atoms with Gasteiger partial charge in [0, 0.05) is 17.5 Å². The SMILES string of the molecule is O=C1c2ccccc2CCC12CCN(CC1CC1)CC2. The molecule has 1 aromatic carbocycles. The third-order valence-corrected chi connectivity index (χ3v) is 5.64. The summed E-state index contributed by atoms with van der Waals surface area (Å²) in [6.07, 6.45) is 7.16. The van der Waals surface area contributed by atoms with E-state index in [4.69, 9.17) is 0 Å². The van der Waals surface area contributed by atoms with Gasteiger partial charge in [0.1, 0.15) is 0 Å². The van der Waals surface area contributed by atoms with Crippen LogP contribution < -0.4 is 0 Å². The number of hydrogen-bond acceptors (Lipinski definition) is 2. The highest BCUT2D eigenvalue weighted by Crippen LogP contribution is 2.44. The van der Waals surface area contributed by atoms with Crippen LogP contribution in [0.3, 0.4) is 0 Å². The van der Waals surface area contributed by atoms with E-state index in [9.17, 15) is 4.79 Å². The summed E-state index contributed by atoms with van der Waals surface area (Å²) < 4.78 is 0. The lowest BCUT2D eigenvalue weighted by molar-refractivity contribution is 0.0534. The zero-order valence-electron chi connectivity index (χ0n) is 12.1. The molecule has 4 rings (SSSR count). The number of aryl methyl sites for hydroxylation is 1. The number of ketones is 1. The normalized spacial score (nSPS) is 25.7. The van der Waals surface area contributed by atoms with Crippen LogP contribution in [-0.2, 0) is 6.42 Å². The number of piperidine rings is 1. The molecule has 0 N–H and O–H groups in total. The Morgan fingerprint density at radius 3 is 2.60 bits per heavy atom. The minimum Gasteiger partial charge on any atom is -0.303 e. The molecule has 0 radical (unpaired) electrons. The van der Waals surface area contributed by atoms with Crippen LogP contribution in [0.5, 0.6) is 0 Å². The summed E-state index contributed by atoms with van der Waals surface area (Å²) in [5, 5.41) is 0. The van der Waals surface area contributed by atoms with Gasteiger partial charge in [-0.05, 0) is 63.1 Å². The number of nitrogens with zero attached hydrogens (tertiary/aromatic N) is 1. The predicted octanol–water partition coefficient (Wildman–Crippen LogP) is 3.31. The number of likely N-dealkylation sites (tertiary alicyclic amines) is 1. The minimum absolute atomic E-state index is 0.0333. The van der Waals surface area contributed by atoms with Crippen LogP contribution in [0, 0.1) is 11.3 Å². The van der Waals surface area contributed by atoms with E-state index in [1.54, 1.807) is 0 Å². The molecule has 1 saturated carbocycles. The van der Waals surface area contributed by atoms with Gasteiger partial charge in [-0.3, -0.25) is 4.79 Å². The molecule has 3 aliphatic rings. The lowest BCUT2D eigenvalue weighted by atomic mass is 9.65. The van der Waals surface area contributed by atoms with E-state index in [0.29, 0.717) is 5.78 Å². The molecule has 0 amide bonds. The van der Waals surface area contributed by atoms with Crippen LogP contribution in [0.2, 0.25) is 0 Å². The van der Waals surface area contributed by atoms with E-state index >= 15 is 0 Å². The van der Waals surface area contributed by atoms with Crippen molar-refractivity contribution in [1.82, 2.24) is 4.90 Å². The highest BCUT2D eigenvalue weighted by atomic mass is 16.1. The zero-order valence-corrected chi connectivity index (χ0v) is 12.1. The van der Waals surface area contributed by atoms with Gasteiger partial charge in [0.05, 0.1) is 0 Å². The Bertz CT molecular complexity index is 524. The van der Waals surface area contributed by atoms with Gasteiger partial charge >= 0.3 is 0 Å². The summed E-state index contributed by atoms with van der Waals surface area (Å²) in [4.78, 5) is 15.5. The molecule has 0 bridgehead atoms. The molecule has 0 atom stereocenters. The summed E-state index contributed by atoms with van der Waals surface area (Å²) in [5.74, 6) is 1.40. The molecule has 0 unspecified atom stereocenters. The lowest BCUT2D eigenvalue weighted by Crippen LogP contribution is -2.46. The van der Waals surface area contributed by atoms with E-state index < -0.39 is 0 Å². The van der Waals surface area contributed by atoms with Crippen molar-refractivity contribution in [2.75, 3.05) is 19.6 Å². The predicted molar refractivity (Wildman–Crippen MR) is 79.9 cm³/mol. The fourth-order valence-electron chi connectivity index (χ4n) is 4.04. The molecular weight excluding hydrogens is 246 g/mol. The maximum absolute atomic E-state index is 12.9. The van der Waals surface area contributed by atoms with Crippen LogP contribution in [0.25, 0.3) is 0 Å². The topological polar surface area (TPSA) is 20.3 Å². The molecule has 0 aromatic heterocycles. The Labute approximate surface area is 121 Å². The van der Waals surface area contributed by atoms with Crippen molar-refractivity contribution in [2.45, 2.75) is 38.5 Å². The Hall–Kier alpha value is -1.15. The summed E-state index contributed by atoms with van der Waals surface area (Å²) in [5.41, 5.74) is 2.24. The Balaban J connectivity index is 1.50. The molecule has 20 heavy (non-hydrogen) atoms. The van der Waals surface area contributed by atoms with Crippen molar-refractivity contribution in [1.29, 1.82) is 0 Å². The number of benzene rings is 1. The maximum atomic E-state index is 12.9. The van der Waals surface area contributed by atoms with Crippen molar-refractivity contribution in [3.05, 3.63) is 35.4 Å². The lowest BCUT2D eigenvalue weighted by Gasteiger charge is -2.43. The van der Waals surface area contributed by atoms with E-state index in [1.165, 1.54) is 24.9 Å². The van der Waals surface area contributed by atoms with Crippen LogP contribution in [-0.4, -0.2) is 30.3 Å². The molecule has 2 aliphatic carbocycles. The van der Waals surface area contributed by atoms with Gasteiger partial charge in [0.2, 0.25) is 0 Å². The molecule has 1 heterocycles. The third-order valence-electron chi connectivity index (χ3n) is 5.64. The standard InChI is InChI=1S/C18H23NO/c20-17-16-4-2-1-3-15(16)7-8-18(17)9-11-19(12-10-18)13-14-5-6-14/h1-4,14H,5-13H2. The summed E-state index contributed by atoms with van der Waals surface area (Å²) in [6.45, 7) is 3.54. The monoisotopic (exact) mass is 269 g/mol. The first-order chi connectivity index (χ1) is 9.77. The second-order valence-electron chi connectivity index (χ2n) is 7.01. The van der Waals surface area contributed by atoms with Gasteiger partial charge in [-0.1, -0.05) is 24.3 Å². The van der Waals surface area contributed by atoms with Crippen molar-refractivity contribution in [3.8, 4) is 0 Å². The highest BCUT2D eigenvalue weighted by molar-refractivity contribution is 6.02. The molecular formula is C18H23NO. The highest BCUT2D eigenvalue weighted by Gasteiger charge is 2.44. The molecule has 1 spiro atoms. The van der Waals surface area contributed by atoms with Crippen LogP contribution in [0.1, 0.15) is 48.0 Å². The first-order valence-corrected chi connectivity index (χ1v) is 8.12. The maximum Gasteiger partial charge on any atom is 0.169 e. The first-order valence-electron chi connectivity index (χ1n) is 8.12. The number of Topliss-reactive ketones (excluding diaryl/α,β-unsaturated/α-hetero) is 1. The molecule has 2 nitrogen and oxygen atoms in total. The molecule has 1 aliphatic heterocycles. The van der Waals surface area contributed by atoms with Crippen LogP contribution >= 0.6 is 0 Å². The minimum atomic E-state index is -0.0333. The summed E-state index contributed by atoms with van der Waals surface area (Å²) in [6, 6.07) is 8.23. The number of hydrogen-bond donors (Lipinski definition) is 0. The fourth-order valence-corrected chi connectivity index (χ4v) is 4.04. The average molecular weight is 269 g/mol. The number of rotatable bonds is 2. The van der Waals surface area contributed by atoms with Gasteiger partial charge in [0.15, 0.2) is 5.78 Å². The van der Waals surface area contributed by atoms with Crippen molar-refractivity contribution >= 4 is 5.78 Å². The van der Waals surface area contributed by atoms with E-state index in [0.717, 1.165) is 50.3 Å². The Morgan fingerprint density at radius 1 is 1.10 bits per heavy atom. The van der Waals surface area contributed by atoms with Gasteiger partial charge < -0.3 is 4.90 Å². The Kier molecular flexibility index (Phi) is 2.95. The molecule has 2 heteroatoms.